The normalized spacial score (nSPS) is 27.9. The highest BCUT2D eigenvalue weighted by Crippen LogP contribution is 2.45. The number of phenolic OH excluding ortho intramolecular Hbond substituents is 2. The second-order valence-electron chi connectivity index (χ2n) is 17.1. The number of aliphatic hydroxyl groups is 2. The number of nitrogens with one attached hydrogen (secondary N) is 1. The molecule has 0 bridgehead atoms. The van der Waals surface area contributed by atoms with Crippen LogP contribution in [0.1, 0.15) is 111 Å². The predicted molar refractivity (Wildman–Crippen MR) is 220 cm³/mol. The first kappa shape index (κ1) is 40.6. The van der Waals surface area contributed by atoms with Crippen molar-refractivity contribution >= 4 is 28.3 Å². The van der Waals surface area contributed by atoms with Crippen molar-refractivity contribution in [3.63, 3.8) is 0 Å². The molecule has 3 aliphatic carbocycles. The zero-order chi connectivity index (χ0) is 40.3. The van der Waals surface area contributed by atoms with Crippen LogP contribution < -0.4 is 21.5 Å². The number of fused-ring (bicyclic) bond motifs is 3. The third-order valence-corrected chi connectivity index (χ3v) is 13.4. The summed E-state index contributed by atoms with van der Waals surface area (Å²) in [6.07, 6.45) is 7.51. The van der Waals surface area contributed by atoms with Gasteiger partial charge >= 0.3 is 0 Å². The van der Waals surface area contributed by atoms with E-state index in [4.69, 9.17) is 16.2 Å². The number of hydrogen-bond donors (Lipinski definition) is 7. The lowest BCUT2D eigenvalue weighted by Gasteiger charge is -2.42. The highest BCUT2D eigenvalue weighted by atomic mass is 16.5. The van der Waals surface area contributed by atoms with E-state index in [1.54, 1.807) is 24.3 Å². The molecule has 3 aromatic rings. The van der Waals surface area contributed by atoms with Crippen LogP contribution in [-0.4, -0.2) is 70.3 Å². The van der Waals surface area contributed by atoms with E-state index in [9.17, 15) is 30.0 Å². The number of Topliss-reactive ketones (excluding diaryl/α,β-unsaturated/α-hetero) is 2. The highest BCUT2D eigenvalue weighted by Gasteiger charge is 2.47. The number of nitrogens with two attached hydrogens (primary N) is 2. The van der Waals surface area contributed by atoms with Crippen molar-refractivity contribution in [3.05, 3.63) is 64.7 Å². The predicted octanol–water partition coefficient (Wildman–Crippen LogP) is 5.47. The summed E-state index contributed by atoms with van der Waals surface area (Å²) in [5, 5.41) is 50.1. The van der Waals surface area contributed by atoms with Crippen LogP contribution >= 0.6 is 0 Å². The van der Waals surface area contributed by atoms with E-state index in [1.165, 1.54) is 7.11 Å². The summed E-state index contributed by atoms with van der Waals surface area (Å²) >= 11 is 0. The Kier molecular flexibility index (Phi) is 12.4. The minimum absolute atomic E-state index is 0.00646. The molecule has 1 heterocycles. The number of aryl methyl sites for hydroxylation is 1. The fraction of sp³-hybridized carbons (Fsp3) is 0.543. The summed E-state index contributed by atoms with van der Waals surface area (Å²) < 4.78 is 5.46. The Morgan fingerprint density at radius 3 is 2.63 bits per heavy atom. The van der Waals surface area contributed by atoms with E-state index < -0.39 is 23.5 Å². The molecule has 8 atom stereocenters. The van der Waals surface area contributed by atoms with Crippen molar-refractivity contribution in [3.8, 4) is 29.1 Å². The Morgan fingerprint density at radius 1 is 1.02 bits per heavy atom. The van der Waals surface area contributed by atoms with Gasteiger partial charge in [-0.05, 0) is 152 Å². The zero-order valence-corrected chi connectivity index (χ0v) is 33.0. The lowest BCUT2D eigenvalue weighted by molar-refractivity contribution is -0.134. The van der Waals surface area contributed by atoms with Crippen LogP contribution in [0.2, 0.25) is 0 Å². The van der Waals surface area contributed by atoms with Crippen molar-refractivity contribution in [2.75, 3.05) is 20.2 Å². The SMILES string of the molecule is COc1cc2c(cc1O)C(CCC(O)c1cc(CCN=C(N)N)c3cc(O)ccc3c1)C#CC1(CCC(CCC3CNC4CC(=O)CCC4C3)CC1O)C(=O)CC2. The summed E-state index contributed by atoms with van der Waals surface area (Å²) in [6, 6.07) is 12.8. The van der Waals surface area contributed by atoms with Gasteiger partial charge in [0.05, 0.1) is 19.3 Å². The standard InChI is InChI=1S/C46H58N4O7/c1-57-42-22-31-7-11-43(55)46(15-12-27(19-44(46)56)2-3-28-18-33-5-9-36(52)24-39(33)50-26-28)16-13-29(38(31)25-41(42)54)6-10-40(53)34-20-30-4-8-35(51)23-37(30)32(21-34)14-17-49-45(47)48/h4,8,20-23,25,27-29,33,39-40,44,50-51,53-54,56H,2-3,5-7,9-12,14-15,17-19,24,26H2,1H3,(H4,47,48,49). The Bertz CT molecular complexity index is 2070. The molecule has 11 nitrogen and oxygen atoms in total. The molecule has 11 heteroatoms. The van der Waals surface area contributed by atoms with Gasteiger partial charge in [-0.1, -0.05) is 30.4 Å². The molecule has 2 saturated carbocycles. The van der Waals surface area contributed by atoms with Gasteiger partial charge in [-0.15, -0.1) is 0 Å². The van der Waals surface area contributed by atoms with Gasteiger partial charge in [-0.3, -0.25) is 14.6 Å². The van der Waals surface area contributed by atoms with Crippen LogP contribution in [0.5, 0.6) is 17.2 Å². The summed E-state index contributed by atoms with van der Waals surface area (Å²) in [6.45, 7) is 1.28. The fourth-order valence-corrected chi connectivity index (χ4v) is 10.1. The zero-order valence-electron chi connectivity index (χ0n) is 33.0. The molecule has 304 valence electrons. The molecule has 9 N–H and O–H groups in total. The topological polar surface area (TPSA) is 201 Å². The first-order valence-electron chi connectivity index (χ1n) is 20.8. The van der Waals surface area contributed by atoms with Gasteiger partial charge in [0.1, 0.15) is 16.9 Å². The number of piperidine rings is 1. The third-order valence-electron chi connectivity index (χ3n) is 13.4. The summed E-state index contributed by atoms with van der Waals surface area (Å²) in [4.78, 5) is 30.3. The second-order valence-corrected chi connectivity index (χ2v) is 17.1. The Labute approximate surface area is 335 Å². The number of nitrogens with zero attached hydrogens (tertiary/aromatic N) is 1. The summed E-state index contributed by atoms with van der Waals surface area (Å²) in [7, 11) is 1.50. The molecule has 0 aromatic heterocycles. The van der Waals surface area contributed by atoms with Crippen molar-refractivity contribution < 1.29 is 34.8 Å². The van der Waals surface area contributed by atoms with E-state index in [-0.39, 0.29) is 29.7 Å². The molecule has 1 saturated heterocycles. The lowest BCUT2D eigenvalue weighted by Crippen LogP contribution is -2.49. The Morgan fingerprint density at radius 2 is 1.84 bits per heavy atom. The summed E-state index contributed by atoms with van der Waals surface area (Å²) in [5.41, 5.74) is 13.2. The van der Waals surface area contributed by atoms with Gasteiger partial charge in [0.25, 0.3) is 0 Å². The maximum Gasteiger partial charge on any atom is 0.185 e. The molecule has 1 spiro atoms. The first-order valence-corrected chi connectivity index (χ1v) is 20.8. The molecule has 7 rings (SSSR count). The van der Waals surface area contributed by atoms with Crippen molar-refractivity contribution in [1.29, 1.82) is 0 Å². The maximum atomic E-state index is 14.2. The average Bonchev–Trinajstić information content (AvgIpc) is 3.24. The molecule has 3 fully saturated rings. The van der Waals surface area contributed by atoms with E-state index in [1.807, 2.05) is 18.2 Å². The smallest absolute Gasteiger partial charge is 0.185 e. The number of guanidine groups is 1. The van der Waals surface area contributed by atoms with Crippen LogP contribution in [0, 0.1) is 35.0 Å². The Balaban J connectivity index is 1.09. The number of rotatable bonds is 11. The molecule has 4 aliphatic rings. The van der Waals surface area contributed by atoms with E-state index in [2.05, 4.69) is 22.2 Å². The molecule has 1 aliphatic heterocycles. The number of carbonyl (C=O) groups excluding carboxylic acids is 2. The Hall–Kier alpha value is -4.63. The summed E-state index contributed by atoms with van der Waals surface area (Å²) in [5.74, 6) is 8.55. The number of hydrogen-bond acceptors (Lipinski definition) is 9. The number of phenols is 2. The van der Waals surface area contributed by atoms with E-state index in [0.29, 0.717) is 98.8 Å². The van der Waals surface area contributed by atoms with Gasteiger partial charge in [0, 0.05) is 37.8 Å². The van der Waals surface area contributed by atoms with Crippen LogP contribution in [0.15, 0.2) is 47.5 Å². The molecular weight excluding hydrogens is 721 g/mol. The molecule has 0 radical (unpaired) electrons. The van der Waals surface area contributed by atoms with Gasteiger partial charge in [-0.25, -0.2) is 0 Å². The van der Waals surface area contributed by atoms with Crippen LogP contribution in [0.3, 0.4) is 0 Å². The fourth-order valence-electron chi connectivity index (χ4n) is 10.1. The van der Waals surface area contributed by atoms with Crippen LogP contribution in [0.25, 0.3) is 10.8 Å². The van der Waals surface area contributed by atoms with Crippen molar-refractivity contribution in [2.45, 2.75) is 114 Å². The van der Waals surface area contributed by atoms with Crippen LogP contribution in [-0.2, 0) is 22.4 Å². The number of aliphatic hydroxyl groups excluding tert-OH is 2. The number of methoxy groups -OCH3 is 1. The van der Waals surface area contributed by atoms with Crippen molar-refractivity contribution in [2.24, 2.45) is 39.6 Å². The highest BCUT2D eigenvalue weighted by molar-refractivity contribution is 5.90. The van der Waals surface area contributed by atoms with E-state index in [0.717, 1.165) is 66.1 Å². The van der Waals surface area contributed by atoms with Gasteiger partial charge in [0.2, 0.25) is 0 Å². The van der Waals surface area contributed by atoms with E-state index >= 15 is 0 Å². The molecule has 3 aromatic carbocycles. The number of carbonyl (C=O) groups is 2. The third kappa shape index (κ3) is 9.09. The first-order chi connectivity index (χ1) is 27.4. The minimum Gasteiger partial charge on any atom is -0.508 e. The van der Waals surface area contributed by atoms with Crippen molar-refractivity contribution in [1.82, 2.24) is 5.32 Å². The molecule has 57 heavy (non-hydrogen) atoms. The molecular formula is C46H58N4O7. The minimum atomic E-state index is -1.18. The largest absolute Gasteiger partial charge is 0.508 e. The monoisotopic (exact) mass is 778 g/mol. The van der Waals surface area contributed by atoms with Crippen LogP contribution in [0.4, 0.5) is 0 Å². The number of aliphatic imine (C=N–C) groups is 1. The van der Waals surface area contributed by atoms with Gasteiger partial charge < -0.3 is 41.9 Å². The number of ether oxygens (including phenoxy) is 1. The number of ketones is 2. The second kappa shape index (κ2) is 17.5. The van der Waals surface area contributed by atoms with Gasteiger partial charge in [-0.2, -0.15) is 0 Å². The number of benzene rings is 3. The quantitative estimate of drug-likeness (QED) is 0.0744. The lowest BCUT2D eigenvalue weighted by atomic mass is 9.64. The molecule has 0 amide bonds. The number of aromatic hydroxyl groups is 2. The average molecular weight is 779 g/mol. The maximum absolute atomic E-state index is 14.2. The molecule has 8 unspecified atom stereocenters. The van der Waals surface area contributed by atoms with Gasteiger partial charge in [0.15, 0.2) is 23.2 Å².